The van der Waals surface area contributed by atoms with Gasteiger partial charge in [0.15, 0.2) is 17.3 Å². The van der Waals surface area contributed by atoms with Crippen molar-refractivity contribution in [3.8, 4) is 11.5 Å². The lowest BCUT2D eigenvalue weighted by atomic mass is 9.78. The average Bonchev–Trinajstić information content (AvgIpc) is 3.19. The standard InChI is InChI=1S/C33H27Br4NO5/c1-32(2,3)16-12-15(13-17(28(16)39)33(4,5)6)31(42)43-19-9-7-8-14-10-11-18(38-27(14)19)20-29(40)21-22(30(20)41)24(35)26(37)25(36)23(21)34/h7-13,20,39H,1-6H3. The molecule has 0 atom stereocenters. The van der Waals surface area contributed by atoms with Crippen molar-refractivity contribution >= 4 is 92.2 Å². The Bertz CT molecular complexity index is 1800. The van der Waals surface area contributed by atoms with Crippen LogP contribution in [-0.2, 0) is 10.8 Å². The van der Waals surface area contributed by atoms with E-state index >= 15 is 0 Å². The molecule has 1 aromatic heterocycles. The minimum Gasteiger partial charge on any atom is -0.507 e. The fourth-order valence-electron chi connectivity index (χ4n) is 5.20. The highest BCUT2D eigenvalue weighted by molar-refractivity contribution is 9.15. The van der Waals surface area contributed by atoms with Crippen molar-refractivity contribution in [2.45, 2.75) is 58.3 Å². The summed E-state index contributed by atoms with van der Waals surface area (Å²) in [4.78, 5) is 45.6. The number of nitrogens with zero attached hydrogens (tertiary/aromatic N) is 1. The molecule has 4 aromatic rings. The molecule has 1 N–H and O–H groups in total. The fourth-order valence-corrected chi connectivity index (χ4v) is 7.71. The van der Waals surface area contributed by atoms with Crippen molar-refractivity contribution in [1.82, 2.24) is 4.98 Å². The van der Waals surface area contributed by atoms with E-state index in [1.807, 2.05) is 47.6 Å². The molecule has 5 rings (SSSR count). The molecular weight excluding hydrogens is 810 g/mol. The van der Waals surface area contributed by atoms with E-state index in [0.717, 1.165) is 0 Å². The van der Waals surface area contributed by atoms with Gasteiger partial charge in [-0.05, 0) is 98.8 Å². The quantitative estimate of drug-likeness (QED) is 0.0727. The first-order valence-corrected chi connectivity index (χ1v) is 16.5. The van der Waals surface area contributed by atoms with Crippen LogP contribution in [0.4, 0.5) is 0 Å². The van der Waals surface area contributed by atoms with Gasteiger partial charge in [-0.25, -0.2) is 9.78 Å². The number of hydrogen-bond donors (Lipinski definition) is 1. The number of aromatic hydroxyl groups is 1. The molecule has 0 saturated heterocycles. The number of Topliss-reactive ketones (excluding diaryl/α,β-unsaturated/α-hetero) is 2. The SMILES string of the molecule is CC(C)(C)c1cc(C(=O)Oc2cccc3ccc(C4C(=O)c5c(Br)c(Br)c(Br)c(Br)c5C4=O)nc23)cc(C(C)(C)C)c1O. The molecule has 222 valence electrons. The Labute approximate surface area is 283 Å². The molecule has 10 heteroatoms. The number of fused-ring (bicyclic) bond motifs is 2. The van der Waals surface area contributed by atoms with Crippen LogP contribution in [0.2, 0.25) is 0 Å². The highest BCUT2D eigenvalue weighted by Crippen LogP contribution is 2.48. The van der Waals surface area contributed by atoms with Crippen LogP contribution in [0.1, 0.15) is 95.4 Å². The maximum atomic E-state index is 13.6. The number of benzene rings is 3. The summed E-state index contributed by atoms with van der Waals surface area (Å²) < 4.78 is 8.09. The third-order valence-electron chi connectivity index (χ3n) is 7.45. The number of carbonyl (C=O) groups is 3. The molecule has 1 aliphatic carbocycles. The van der Waals surface area contributed by atoms with E-state index in [0.29, 0.717) is 45.5 Å². The second-order valence-corrected chi connectivity index (χ2v) is 15.7. The zero-order chi connectivity index (χ0) is 31.8. The topological polar surface area (TPSA) is 93.6 Å². The third-order valence-corrected chi connectivity index (χ3v) is 12.2. The van der Waals surface area contributed by atoms with Gasteiger partial charge in [0.1, 0.15) is 17.2 Å². The molecule has 6 nitrogen and oxygen atoms in total. The summed E-state index contributed by atoms with van der Waals surface area (Å²) in [5, 5.41) is 11.8. The number of aromatic nitrogens is 1. The monoisotopic (exact) mass is 833 g/mol. The summed E-state index contributed by atoms with van der Waals surface area (Å²) in [6.45, 7) is 11.8. The van der Waals surface area contributed by atoms with Gasteiger partial charge in [-0.3, -0.25) is 9.59 Å². The molecule has 1 heterocycles. The second-order valence-electron chi connectivity index (χ2n) is 12.5. The number of para-hydroxylation sites is 1. The normalized spacial score (nSPS) is 14.0. The molecule has 0 aliphatic heterocycles. The molecule has 0 spiro atoms. The zero-order valence-corrected chi connectivity index (χ0v) is 30.5. The minimum absolute atomic E-state index is 0.164. The molecule has 0 amide bonds. The number of phenols is 1. The van der Waals surface area contributed by atoms with Crippen molar-refractivity contribution in [3.63, 3.8) is 0 Å². The number of hydrogen-bond acceptors (Lipinski definition) is 6. The van der Waals surface area contributed by atoms with E-state index in [-0.39, 0.29) is 39.9 Å². The number of pyridine rings is 1. The third kappa shape index (κ3) is 5.53. The van der Waals surface area contributed by atoms with Crippen LogP contribution in [-0.4, -0.2) is 27.6 Å². The van der Waals surface area contributed by atoms with Gasteiger partial charge in [-0.1, -0.05) is 59.7 Å². The van der Waals surface area contributed by atoms with Crippen molar-refractivity contribution < 1.29 is 24.2 Å². The van der Waals surface area contributed by atoms with Crippen LogP contribution in [0.15, 0.2) is 60.4 Å². The molecule has 0 bridgehead atoms. The van der Waals surface area contributed by atoms with E-state index in [4.69, 9.17) is 9.72 Å². The average molecular weight is 837 g/mol. The molecule has 3 aromatic carbocycles. The number of carbonyl (C=O) groups excluding carboxylic acids is 3. The fraction of sp³-hybridized carbons (Fsp3) is 0.273. The van der Waals surface area contributed by atoms with Gasteiger partial charge in [0, 0.05) is 45.5 Å². The maximum Gasteiger partial charge on any atom is 0.343 e. The summed E-state index contributed by atoms with van der Waals surface area (Å²) >= 11 is 13.8. The highest BCUT2D eigenvalue weighted by atomic mass is 79.9. The molecule has 43 heavy (non-hydrogen) atoms. The van der Waals surface area contributed by atoms with Crippen molar-refractivity contribution in [2.24, 2.45) is 0 Å². The molecule has 0 saturated carbocycles. The van der Waals surface area contributed by atoms with Crippen LogP contribution in [0.3, 0.4) is 0 Å². The predicted octanol–water partition coefficient (Wildman–Crippen LogP) is 9.97. The lowest BCUT2D eigenvalue weighted by Crippen LogP contribution is -2.20. The van der Waals surface area contributed by atoms with Gasteiger partial charge in [0.2, 0.25) is 0 Å². The number of ketones is 2. The summed E-state index contributed by atoms with van der Waals surface area (Å²) in [7, 11) is 0. The van der Waals surface area contributed by atoms with Crippen LogP contribution < -0.4 is 4.74 Å². The number of esters is 1. The Balaban J connectivity index is 1.58. The van der Waals surface area contributed by atoms with Crippen LogP contribution >= 0.6 is 63.7 Å². The summed E-state index contributed by atoms with van der Waals surface area (Å²) in [6.07, 6.45) is 0. The summed E-state index contributed by atoms with van der Waals surface area (Å²) in [5.74, 6) is -2.17. The van der Waals surface area contributed by atoms with Gasteiger partial charge >= 0.3 is 5.97 Å². The van der Waals surface area contributed by atoms with E-state index in [2.05, 4.69) is 63.7 Å². The Hall–Kier alpha value is -2.40. The largest absolute Gasteiger partial charge is 0.507 e. The van der Waals surface area contributed by atoms with Gasteiger partial charge in [-0.2, -0.15) is 0 Å². The summed E-state index contributed by atoms with van der Waals surface area (Å²) in [5.41, 5.74) is 1.86. The lowest BCUT2D eigenvalue weighted by Gasteiger charge is -2.28. The Morgan fingerprint density at radius 2 is 1.30 bits per heavy atom. The molecule has 0 radical (unpaired) electrons. The Kier molecular flexibility index (Phi) is 8.33. The summed E-state index contributed by atoms with van der Waals surface area (Å²) in [6, 6.07) is 11.9. The predicted molar refractivity (Wildman–Crippen MR) is 181 cm³/mol. The first-order chi connectivity index (χ1) is 19.9. The number of halogens is 4. The smallest absolute Gasteiger partial charge is 0.343 e. The van der Waals surface area contributed by atoms with Crippen molar-refractivity contribution in [3.05, 3.63) is 93.9 Å². The number of phenolic OH excluding ortho intramolecular Hbond substituents is 1. The highest BCUT2D eigenvalue weighted by Gasteiger charge is 2.44. The van der Waals surface area contributed by atoms with E-state index < -0.39 is 22.7 Å². The first kappa shape index (κ1) is 32.0. The molecule has 1 aliphatic rings. The lowest BCUT2D eigenvalue weighted by molar-refractivity contribution is 0.0735. The van der Waals surface area contributed by atoms with Crippen molar-refractivity contribution in [2.75, 3.05) is 0 Å². The zero-order valence-electron chi connectivity index (χ0n) is 24.2. The van der Waals surface area contributed by atoms with Gasteiger partial charge in [0.25, 0.3) is 0 Å². The van der Waals surface area contributed by atoms with Crippen LogP contribution in [0.5, 0.6) is 11.5 Å². The maximum absolute atomic E-state index is 13.6. The first-order valence-electron chi connectivity index (χ1n) is 13.4. The van der Waals surface area contributed by atoms with Crippen molar-refractivity contribution in [1.29, 1.82) is 0 Å². The number of rotatable bonds is 3. The molecular formula is C33H27Br4NO5. The van der Waals surface area contributed by atoms with E-state index in [9.17, 15) is 19.5 Å². The number of ether oxygens (including phenoxy) is 1. The Morgan fingerprint density at radius 3 is 1.79 bits per heavy atom. The van der Waals surface area contributed by atoms with E-state index in [1.165, 1.54) is 0 Å². The van der Waals surface area contributed by atoms with Gasteiger partial charge in [0.05, 0.1) is 11.3 Å². The van der Waals surface area contributed by atoms with Gasteiger partial charge in [-0.15, -0.1) is 0 Å². The minimum atomic E-state index is -1.15. The van der Waals surface area contributed by atoms with Gasteiger partial charge < -0.3 is 9.84 Å². The van der Waals surface area contributed by atoms with E-state index in [1.54, 1.807) is 36.4 Å². The van der Waals surface area contributed by atoms with Crippen LogP contribution in [0.25, 0.3) is 10.9 Å². The second kappa shape index (κ2) is 11.2. The Morgan fingerprint density at radius 1 is 0.791 bits per heavy atom. The van der Waals surface area contributed by atoms with Crippen LogP contribution in [0, 0.1) is 0 Å². The molecule has 0 fully saturated rings. The molecule has 0 unspecified atom stereocenters.